The zero-order valence-corrected chi connectivity index (χ0v) is 10.9. The number of hydrogen-bond acceptors (Lipinski definition) is 3. The molecule has 2 nitrogen and oxygen atoms in total. The monoisotopic (exact) mass is 238 g/mol. The maximum Gasteiger partial charge on any atom is 0.0470 e. The fourth-order valence-electron chi connectivity index (χ4n) is 1.87. The van der Waals surface area contributed by atoms with Crippen LogP contribution in [0.4, 0.5) is 0 Å². The fourth-order valence-corrected chi connectivity index (χ4v) is 2.77. The third-order valence-electron chi connectivity index (χ3n) is 2.87. The lowest BCUT2D eigenvalue weighted by Gasteiger charge is -2.15. The minimum absolute atomic E-state index is 0.315. The van der Waals surface area contributed by atoms with Crippen LogP contribution in [-0.4, -0.2) is 0 Å². The molecular formula is C13H22N2S. The molecule has 0 amide bonds. The van der Waals surface area contributed by atoms with Crippen molar-refractivity contribution in [1.29, 1.82) is 0 Å². The molecule has 90 valence electrons. The van der Waals surface area contributed by atoms with E-state index < -0.39 is 0 Å². The van der Waals surface area contributed by atoms with Crippen LogP contribution in [-0.2, 0) is 0 Å². The van der Waals surface area contributed by atoms with Crippen LogP contribution in [0.5, 0.6) is 0 Å². The third-order valence-corrected chi connectivity index (χ3v) is 3.75. The topological polar surface area (TPSA) is 38.0 Å². The third kappa shape index (κ3) is 4.08. The molecule has 16 heavy (non-hydrogen) atoms. The molecule has 1 aromatic rings. The van der Waals surface area contributed by atoms with Gasteiger partial charge >= 0.3 is 0 Å². The lowest BCUT2D eigenvalue weighted by molar-refractivity contribution is 0.483. The van der Waals surface area contributed by atoms with Crippen LogP contribution in [0, 0.1) is 6.92 Å². The molecule has 0 radical (unpaired) electrons. The van der Waals surface area contributed by atoms with Crippen molar-refractivity contribution in [2.24, 2.45) is 5.84 Å². The Morgan fingerprint density at radius 3 is 2.81 bits per heavy atom. The van der Waals surface area contributed by atoms with Crippen LogP contribution in [0.15, 0.2) is 23.4 Å². The lowest BCUT2D eigenvalue weighted by Crippen LogP contribution is -2.28. The predicted molar refractivity (Wildman–Crippen MR) is 72.4 cm³/mol. The van der Waals surface area contributed by atoms with Crippen molar-refractivity contribution in [3.05, 3.63) is 34.5 Å². The number of allylic oxidation sites excluding steroid dienone is 1. The van der Waals surface area contributed by atoms with Gasteiger partial charge in [0.15, 0.2) is 0 Å². The molecule has 3 heteroatoms. The lowest BCUT2D eigenvalue weighted by atomic mass is 10.0. The first-order valence-corrected chi connectivity index (χ1v) is 6.83. The summed E-state index contributed by atoms with van der Waals surface area (Å²) < 4.78 is 0. The Morgan fingerprint density at radius 2 is 2.25 bits per heavy atom. The van der Waals surface area contributed by atoms with Gasteiger partial charge in [0, 0.05) is 6.04 Å². The number of thiophene rings is 1. The molecule has 1 unspecified atom stereocenters. The summed E-state index contributed by atoms with van der Waals surface area (Å²) in [5.74, 6) is 5.61. The highest BCUT2D eigenvalue weighted by Crippen LogP contribution is 2.25. The highest BCUT2D eigenvalue weighted by Gasteiger charge is 2.12. The molecule has 0 fully saturated rings. The highest BCUT2D eigenvalue weighted by atomic mass is 32.1. The Bertz CT molecular complexity index is 307. The zero-order chi connectivity index (χ0) is 11.8. The van der Waals surface area contributed by atoms with Crippen molar-refractivity contribution in [3.8, 4) is 0 Å². The van der Waals surface area contributed by atoms with Gasteiger partial charge in [0.1, 0.15) is 0 Å². The van der Waals surface area contributed by atoms with Crippen LogP contribution < -0.4 is 11.3 Å². The average Bonchev–Trinajstić information content (AvgIpc) is 2.70. The van der Waals surface area contributed by atoms with E-state index in [-0.39, 0.29) is 0 Å². The second-order valence-electron chi connectivity index (χ2n) is 4.16. The Kier molecular flexibility index (Phi) is 6.38. The second kappa shape index (κ2) is 7.60. The van der Waals surface area contributed by atoms with E-state index in [4.69, 9.17) is 5.84 Å². The van der Waals surface area contributed by atoms with Crippen LogP contribution in [0.25, 0.3) is 0 Å². The molecule has 0 aliphatic carbocycles. The fraction of sp³-hybridized carbons (Fsp3) is 0.538. The van der Waals surface area contributed by atoms with Crippen molar-refractivity contribution in [1.82, 2.24) is 5.43 Å². The van der Waals surface area contributed by atoms with Crippen LogP contribution in [0.3, 0.4) is 0 Å². The summed E-state index contributed by atoms with van der Waals surface area (Å²) in [7, 11) is 0. The van der Waals surface area contributed by atoms with Gasteiger partial charge in [0.25, 0.3) is 0 Å². The highest BCUT2D eigenvalue weighted by molar-refractivity contribution is 7.08. The van der Waals surface area contributed by atoms with E-state index in [1.807, 2.05) is 6.08 Å². The number of unbranched alkanes of at least 4 members (excludes halogenated alkanes) is 3. The first-order chi connectivity index (χ1) is 7.79. The molecule has 0 aromatic carbocycles. The number of rotatable bonds is 8. The average molecular weight is 238 g/mol. The number of hydrazine groups is 1. The van der Waals surface area contributed by atoms with Gasteiger partial charge in [0.05, 0.1) is 0 Å². The normalized spacial score (nSPS) is 12.6. The van der Waals surface area contributed by atoms with Gasteiger partial charge in [0.2, 0.25) is 0 Å². The summed E-state index contributed by atoms with van der Waals surface area (Å²) in [5, 5.41) is 4.38. The maximum absolute atomic E-state index is 5.61. The molecule has 0 spiro atoms. The van der Waals surface area contributed by atoms with Gasteiger partial charge < -0.3 is 0 Å². The smallest absolute Gasteiger partial charge is 0.0470 e. The number of hydrogen-bond donors (Lipinski definition) is 2. The first kappa shape index (κ1) is 13.4. The molecule has 1 rings (SSSR count). The number of nitrogens with two attached hydrogens (primary N) is 1. The summed E-state index contributed by atoms with van der Waals surface area (Å²) in [6.45, 7) is 5.88. The van der Waals surface area contributed by atoms with Crippen molar-refractivity contribution < 1.29 is 0 Å². The molecule has 0 saturated heterocycles. The van der Waals surface area contributed by atoms with E-state index in [1.54, 1.807) is 11.3 Å². The molecule has 0 saturated carbocycles. The van der Waals surface area contributed by atoms with E-state index in [2.05, 4.69) is 29.7 Å². The molecular weight excluding hydrogens is 216 g/mol. The standard InChI is InChI=1S/C13H22N2S/c1-3-4-5-6-7-8-13(15-14)12-10-16-9-11(12)2/h3,9-10,13,15H,1,4-8,14H2,2H3. The van der Waals surface area contributed by atoms with Crippen molar-refractivity contribution in [2.75, 3.05) is 0 Å². The van der Waals surface area contributed by atoms with Gasteiger partial charge in [-0.05, 0) is 48.1 Å². The summed E-state index contributed by atoms with van der Waals surface area (Å²) in [4.78, 5) is 0. The van der Waals surface area contributed by atoms with Crippen LogP contribution in [0.2, 0.25) is 0 Å². The molecule has 0 bridgehead atoms. The number of aryl methyl sites for hydroxylation is 1. The van der Waals surface area contributed by atoms with E-state index in [0.717, 1.165) is 12.8 Å². The van der Waals surface area contributed by atoms with Crippen molar-refractivity contribution in [3.63, 3.8) is 0 Å². The largest absolute Gasteiger partial charge is 0.271 e. The Labute approximate surface area is 103 Å². The number of nitrogens with one attached hydrogen (secondary N) is 1. The van der Waals surface area contributed by atoms with Gasteiger partial charge in [-0.2, -0.15) is 11.3 Å². The zero-order valence-electron chi connectivity index (χ0n) is 10.0. The van der Waals surface area contributed by atoms with Gasteiger partial charge in [-0.15, -0.1) is 6.58 Å². The molecule has 1 atom stereocenters. The summed E-state index contributed by atoms with van der Waals surface area (Å²) in [6.07, 6.45) is 7.94. The van der Waals surface area contributed by atoms with Crippen molar-refractivity contribution in [2.45, 2.75) is 45.1 Å². The summed E-state index contributed by atoms with van der Waals surface area (Å²) >= 11 is 1.75. The van der Waals surface area contributed by atoms with Crippen LogP contribution in [0.1, 0.15) is 49.3 Å². The SMILES string of the molecule is C=CCCCCCC(NN)c1cscc1C. The minimum atomic E-state index is 0.315. The van der Waals surface area contributed by atoms with E-state index in [0.29, 0.717) is 6.04 Å². The van der Waals surface area contributed by atoms with Gasteiger partial charge in [-0.1, -0.05) is 18.9 Å². The quantitative estimate of drug-likeness (QED) is 0.314. The molecule has 1 heterocycles. The van der Waals surface area contributed by atoms with E-state index in [1.165, 1.54) is 30.4 Å². The predicted octanol–water partition coefficient (Wildman–Crippen LogP) is 3.70. The van der Waals surface area contributed by atoms with Crippen LogP contribution >= 0.6 is 11.3 Å². The minimum Gasteiger partial charge on any atom is -0.271 e. The maximum atomic E-state index is 5.61. The van der Waals surface area contributed by atoms with Gasteiger partial charge in [-0.25, -0.2) is 0 Å². The molecule has 0 aliphatic rings. The Morgan fingerprint density at radius 1 is 1.44 bits per heavy atom. The van der Waals surface area contributed by atoms with E-state index >= 15 is 0 Å². The Balaban J connectivity index is 2.33. The molecule has 1 aromatic heterocycles. The molecule has 3 N–H and O–H groups in total. The first-order valence-electron chi connectivity index (χ1n) is 5.89. The summed E-state index contributed by atoms with van der Waals surface area (Å²) in [6, 6.07) is 0.315. The second-order valence-corrected chi connectivity index (χ2v) is 4.90. The van der Waals surface area contributed by atoms with E-state index in [9.17, 15) is 0 Å². The van der Waals surface area contributed by atoms with Gasteiger partial charge in [-0.3, -0.25) is 11.3 Å². The molecule has 0 aliphatic heterocycles. The summed E-state index contributed by atoms with van der Waals surface area (Å²) in [5.41, 5.74) is 5.63. The Hall–Kier alpha value is -0.640. The van der Waals surface area contributed by atoms with Crippen molar-refractivity contribution >= 4 is 11.3 Å².